The Labute approximate surface area is 122 Å². The number of hydrogen-bond donors (Lipinski definition) is 1. The molecule has 1 aliphatic rings. The van der Waals surface area contributed by atoms with E-state index in [0.29, 0.717) is 24.7 Å². The fraction of sp³-hybridized carbons (Fsp3) is 0.267. The van der Waals surface area contributed by atoms with Gasteiger partial charge in [-0.3, -0.25) is 0 Å². The van der Waals surface area contributed by atoms with Gasteiger partial charge in [-0.25, -0.2) is 14.8 Å². The van der Waals surface area contributed by atoms with Gasteiger partial charge in [-0.1, -0.05) is 24.3 Å². The van der Waals surface area contributed by atoms with Crippen LogP contribution in [0.25, 0.3) is 0 Å². The summed E-state index contributed by atoms with van der Waals surface area (Å²) in [6.07, 6.45) is 1.84. The molecule has 1 N–H and O–H groups in total. The summed E-state index contributed by atoms with van der Waals surface area (Å²) < 4.78 is 5.09. The van der Waals surface area contributed by atoms with Gasteiger partial charge in [0.2, 0.25) is 5.88 Å². The quantitative estimate of drug-likeness (QED) is 0.921. The van der Waals surface area contributed by atoms with Crippen molar-refractivity contribution in [1.29, 1.82) is 0 Å². The number of fused-ring (bicyclic) bond motifs is 1. The van der Waals surface area contributed by atoms with Gasteiger partial charge in [-0.2, -0.15) is 0 Å². The van der Waals surface area contributed by atoms with E-state index < -0.39 is 12.0 Å². The van der Waals surface area contributed by atoms with E-state index in [4.69, 9.17) is 4.74 Å². The molecule has 0 radical (unpaired) electrons. The summed E-state index contributed by atoms with van der Waals surface area (Å²) in [6.45, 7) is 0.507. The van der Waals surface area contributed by atoms with E-state index in [2.05, 4.69) is 9.97 Å². The van der Waals surface area contributed by atoms with Crippen molar-refractivity contribution in [3.63, 3.8) is 0 Å². The van der Waals surface area contributed by atoms with Gasteiger partial charge in [0.25, 0.3) is 0 Å². The van der Waals surface area contributed by atoms with Gasteiger partial charge >= 0.3 is 5.97 Å². The zero-order chi connectivity index (χ0) is 14.8. The maximum absolute atomic E-state index is 11.6. The number of rotatable bonds is 3. The Morgan fingerprint density at radius 3 is 2.81 bits per heavy atom. The van der Waals surface area contributed by atoms with Gasteiger partial charge in [0, 0.05) is 19.0 Å². The minimum absolute atomic E-state index is 0.419. The standard InChI is InChI=1S/C15H15N3O3/c1-21-14-7-13(16-9-17-14)18-8-11-5-3-2-4-10(11)6-12(18)15(19)20/h2-5,7,9,12H,6,8H2,1H3,(H,19,20). The Balaban J connectivity index is 2.01. The van der Waals surface area contributed by atoms with Crippen molar-refractivity contribution in [2.24, 2.45) is 0 Å². The molecule has 1 aliphatic heterocycles. The van der Waals surface area contributed by atoms with Crippen molar-refractivity contribution in [3.8, 4) is 5.88 Å². The van der Waals surface area contributed by atoms with Crippen LogP contribution in [0.5, 0.6) is 5.88 Å². The molecule has 3 rings (SSSR count). The molecule has 1 aromatic carbocycles. The number of benzene rings is 1. The fourth-order valence-electron chi connectivity index (χ4n) is 2.58. The molecule has 0 fully saturated rings. The molecule has 0 amide bonds. The van der Waals surface area contributed by atoms with Crippen molar-refractivity contribution in [2.45, 2.75) is 19.0 Å². The van der Waals surface area contributed by atoms with Crippen LogP contribution < -0.4 is 9.64 Å². The Morgan fingerprint density at radius 1 is 1.33 bits per heavy atom. The highest BCUT2D eigenvalue weighted by atomic mass is 16.5. The molecule has 0 aliphatic carbocycles. The van der Waals surface area contributed by atoms with Crippen molar-refractivity contribution < 1.29 is 14.6 Å². The molecule has 1 atom stereocenters. The predicted octanol–water partition coefficient (Wildman–Crippen LogP) is 1.50. The number of carboxylic acids is 1. The van der Waals surface area contributed by atoms with Gasteiger partial charge in [-0.15, -0.1) is 0 Å². The number of carboxylic acid groups (broad SMARTS) is 1. The lowest BCUT2D eigenvalue weighted by Crippen LogP contribution is -2.46. The van der Waals surface area contributed by atoms with Crippen LogP contribution in [-0.4, -0.2) is 34.2 Å². The summed E-state index contributed by atoms with van der Waals surface area (Å²) in [5.41, 5.74) is 2.19. The Bertz CT molecular complexity index is 675. The number of hydrogen-bond acceptors (Lipinski definition) is 5. The summed E-state index contributed by atoms with van der Waals surface area (Å²) in [5, 5.41) is 9.51. The van der Waals surface area contributed by atoms with Gasteiger partial charge in [0.1, 0.15) is 18.2 Å². The molecule has 6 nitrogen and oxygen atoms in total. The zero-order valence-electron chi connectivity index (χ0n) is 11.6. The van der Waals surface area contributed by atoms with E-state index in [1.165, 1.54) is 13.4 Å². The highest BCUT2D eigenvalue weighted by Gasteiger charge is 2.32. The predicted molar refractivity (Wildman–Crippen MR) is 76.3 cm³/mol. The maximum Gasteiger partial charge on any atom is 0.326 e. The van der Waals surface area contributed by atoms with Crippen LogP contribution >= 0.6 is 0 Å². The number of anilines is 1. The van der Waals surface area contributed by atoms with Crippen LogP contribution in [0.15, 0.2) is 36.7 Å². The number of aromatic nitrogens is 2. The molecule has 2 aromatic rings. The van der Waals surface area contributed by atoms with Crippen molar-refractivity contribution in [1.82, 2.24) is 9.97 Å². The van der Waals surface area contributed by atoms with E-state index >= 15 is 0 Å². The maximum atomic E-state index is 11.6. The number of ether oxygens (including phenoxy) is 1. The first-order valence-electron chi connectivity index (χ1n) is 6.61. The van der Waals surface area contributed by atoms with Crippen LogP contribution in [0.2, 0.25) is 0 Å². The number of aliphatic carboxylic acids is 1. The zero-order valence-corrected chi connectivity index (χ0v) is 11.6. The minimum atomic E-state index is -0.859. The van der Waals surface area contributed by atoms with Gasteiger partial charge in [-0.05, 0) is 11.1 Å². The lowest BCUT2D eigenvalue weighted by atomic mass is 9.94. The largest absolute Gasteiger partial charge is 0.481 e. The SMILES string of the molecule is COc1cc(N2Cc3ccccc3CC2C(=O)O)ncn1. The average Bonchev–Trinajstić information content (AvgIpc) is 2.53. The number of methoxy groups -OCH3 is 1. The molecule has 0 saturated carbocycles. The average molecular weight is 285 g/mol. The first kappa shape index (κ1) is 13.4. The third-order valence-electron chi connectivity index (χ3n) is 3.66. The molecular weight excluding hydrogens is 270 g/mol. The summed E-state index contributed by atoms with van der Waals surface area (Å²) in [7, 11) is 1.52. The lowest BCUT2D eigenvalue weighted by Gasteiger charge is -2.35. The van der Waals surface area contributed by atoms with Crippen molar-refractivity contribution >= 4 is 11.8 Å². The van der Waals surface area contributed by atoms with Crippen LogP contribution in [0.1, 0.15) is 11.1 Å². The lowest BCUT2D eigenvalue weighted by molar-refractivity contribution is -0.138. The number of nitrogens with zero attached hydrogens (tertiary/aromatic N) is 3. The van der Waals surface area contributed by atoms with Gasteiger partial charge < -0.3 is 14.7 Å². The summed E-state index contributed by atoms with van der Waals surface area (Å²) in [6, 6.07) is 8.89. The Hall–Kier alpha value is -2.63. The monoisotopic (exact) mass is 285 g/mol. The Kier molecular flexibility index (Phi) is 3.43. The highest BCUT2D eigenvalue weighted by molar-refractivity contribution is 5.79. The normalized spacial score (nSPS) is 17.2. The van der Waals surface area contributed by atoms with E-state index in [-0.39, 0.29) is 0 Å². The molecule has 0 spiro atoms. The molecule has 0 saturated heterocycles. The molecule has 6 heteroatoms. The van der Waals surface area contributed by atoms with E-state index in [9.17, 15) is 9.90 Å². The van der Waals surface area contributed by atoms with E-state index in [0.717, 1.165) is 11.1 Å². The van der Waals surface area contributed by atoms with Gasteiger partial charge in [0.15, 0.2) is 0 Å². The van der Waals surface area contributed by atoms with Crippen molar-refractivity contribution in [3.05, 3.63) is 47.8 Å². The second-order valence-corrected chi connectivity index (χ2v) is 4.87. The molecule has 2 heterocycles. The third-order valence-corrected chi connectivity index (χ3v) is 3.66. The molecule has 1 aromatic heterocycles. The second-order valence-electron chi connectivity index (χ2n) is 4.87. The van der Waals surface area contributed by atoms with Gasteiger partial charge in [0.05, 0.1) is 7.11 Å². The third kappa shape index (κ3) is 2.52. The number of carbonyl (C=O) groups is 1. The summed E-state index contributed by atoms with van der Waals surface area (Å²) >= 11 is 0. The van der Waals surface area contributed by atoms with E-state index in [1.807, 2.05) is 24.3 Å². The molecule has 108 valence electrons. The second kappa shape index (κ2) is 5.40. The first-order chi connectivity index (χ1) is 10.2. The fourth-order valence-corrected chi connectivity index (χ4v) is 2.58. The van der Waals surface area contributed by atoms with Crippen LogP contribution in [-0.2, 0) is 17.8 Å². The van der Waals surface area contributed by atoms with Crippen LogP contribution in [0.4, 0.5) is 5.82 Å². The molecular formula is C15H15N3O3. The van der Waals surface area contributed by atoms with E-state index in [1.54, 1.807) is 11.0 Å². The topological polar surface area (TPSA) is 75.5 Å². The summed E-state index contributed by atoms with van der Waals surface area (Å²) in [4.78, 5) is 21.5. The molecule has 1 unspecified atom stereocenters. The first-order valence-corrected chi connectivity index (χ1v) is 6.61. The molecule has 21 heavy (non-hydrogen) atoms. The Morgan fingerprint density at radius 2 is 2.10 bits per heavy atom. The highest BCUT2D eigenvalue weighted by Crippen LogP contribution is 2.28. The smallest absolute Gasteiger partial charge is 0.326 e. The van der Waals surface area contributed by atoms with Crippen molar-refractivity contribution in [2.75, 3.05) is 12.0 Å². The van der Waals surface area contributed by atoms with Crippen LogP contribution in [0.3, 0.4) is 0 Å². The minimum Gasteiger partial charge on any atom is -0.481 e. The molecule has 0 bridgehead atoms. The summed E-state index contributed by atoms with van der Waals surface area (Å²) in [5.74, 6) is 0.119. The van der Waals surface area contributed by atoms with Crippen LogP contribution in [0, 0.1) is 0 Å².